The molecule has 0 spiro atoms. The van der Waals surface area contributed by atoms with E-state index >= 15 is 0 Å². The smallest absolute Gasteiger partial charge is 0.231 e. The molecule has 0 saturated heterocycles. The average molecular weight is 253 g/mol. The van der Waals surface area contributed by atoms with E-state index in [-0.39, 0.29) is 12.9 Å². The Hall–Kier alpha value is -1.46. The third kappa shape index (κ3) is 2.68. The van der Waals surface area contributed by atoms with Crippen molar-refractivity contribution in [2.75, 3.05) is 13.8 Å². The summed E-state index contributed by atoms with van der Waals surface area (Å²) < 4.78 is 16.4. The van der Waals surface area contributed by atoms with E-state index < -0.39 is 6.10 Å². The van der Waals surface area contributed by atoms with Crippen LogP contribution in [0.25, 0.3) is 0 Å². The molecule has 100 valence electrons. The second kappa shape index (κ2) is 5.46. The summed E-state index contributed by atoms with van der Waals surface area (Å²) >= 11 is 0. The third-order valence-electron chi connectivity index (χ3n) is 2.92. The molecule has 5 heteroatoms. The van der Waals surface area contributed by atoms with Crippen LogP contribution in [0.1, 0.15) is 19.4 Å². The van der Waals surface area contributed by atoms with E-state index in [0.29, 0.717) is 18.0 Å². The minimum atomic E-state index is -0.530. The van der Waals surface area contributed by atoms with Crippen molar-refractivity contribution < 1.29 is 19.3 Å². The lowest BCUT2D eigenvalue weighted by Crippen LogP contribution is -2.26. The molecule has 1 aliphatic rings. The first-order valence-corrected chi connectivity index (χ1v) is 6.03. The lowest BCUT2D eigenvalue weighted by molar-refractivity contribution is 0.0596. The SMILES string of the molecule is CNCc1cc2c(cc1OC(C)C(C)O)OCO2. The fourth-order valence-corrected chi connectivity index (χ4v) is 1.70. The van der Waals surface area contributed by atoms with E-state index in [1.807, 2.05) is 26.1 Å². The van der Waals surface area contributed by atoms with Gasteiger partial charge in [-0.1, -0.05) is 0 Å². The summed E-state index contributed by atoms with van der Waals surface area (Å²) in [6.45, 7) is 4.44. The van der Waals surface area contributed by atoms with Crippen LogP contribution in [-0.4, -0.2) is 31.2 Å². The number of hydrogen-bond donors (Lipinski definition) is 2. The van der Waals surface area contributed by atoms with Crippen molar-refractivity contribution in [1.82, 2.24) is 5.32 Å². The van der Waals surface area contributed by atoms with Gasteiger partial charge in [0.1, 0.15) is 11.9 Å². The molecular formula is C13H19NO4. The lowest BCUT2D eigenvalue weighted by Gasteiger charge is -2.20. The number of ether oxygens (including phenoxy) is 3. The molecule has 18 heavy (non-hydrogen) atoms. The van der Waals surface area contributed by atoms with Crippen LogP contribution in [-0.2, 0) is 6.54 Å². The number of hydrogen-bond acceptors (Lipinski definition) is 5. The Labute approximate surface area is 107 Å². The standard InChI is InChI=1S/C13H19NO4/c1-8(15)9(2)18-11-5-13-12(16-7-17-13)4-10(11)6-14-3/h4-5,8-9,14-15H,6-7H2,1-3H3. The molecule has 1 aromatic carbocycles. The highest BCUT2D eigenvalue weighted by Gasteiger charge is 2.20. The van der Waals surface area contributed by atoms with Gasteiger partial charge in [0.25, 0.3) is 0 Å². The monoisotopic (exact) mass is 253 g/mol. The molecule has 2 unspecified atom stereocenters. The van der Waals surface area contributed by atoms with Crippen molar-refractivity contribution in [3.05, 3.63) is 17.7 Å². The van der Waals surface area contributed by atoms with Crippen LogP contribution in [0.3, 0.4) is 0 Å². The fraction of sp³-hybridized carbons (Fsp3) is 0.538. The topological polar surface area (TPSA) is 60.0 Å². The quantitative estimate of drug-likeness (QED) is 0.828. The van der Waals surface area contributed by atoms with Crippen LogP contribution < -0.4 is 19.5 Å². The predicted molar refractivity (Wildman–Crippen MR) is 67.1 cm³/mol. The van der Waals surface area contributed by atoms with Gasteiger partial charge in [0.15, 0.2) is 11.5 Å². The van der Waals surface area contributed by atoms with Crippen LogP contribution in [0, 0.1) is 0 Å². The minimum absolute atomic E-state index is 0.240. The second-order valence-corrected chi connectivity index (χ2v) is 4.41. The van der Waals surface area contributed by atoms with Gasteiger partial charge in [0.2, 0.25) is 6.79 Å². The zero-order valence-corrected chi connectivity index (χ0v) is 10.9. The molecule has 1 aliphatic heterocycles. The Bertz CT molecular complexity index is 420. The number of aliphatic hydroxyl groups is 1. The number of nitrogens with one attached hydrogen (secondary N) is 1. The van der Waals surface area contributed by atoms with Crippen LogP contribution in [0.5, 0.6) is 17.2 Å². The summed E-state index contributed by atoms with van der Waals surface area (Å²) in [4.78, 5) is 0. The lowest BCUT2D eigenvalue weighted by atomic mass is 10.1. The van der Waals surface area contributed by atoms with Crippen molar-refractivity contribution in [2.24, 2.45) is 0 Å². The minimum Gasteiger partial charge on any atom is -0.488 e. The third-order valence-corrected chi connectivity index (χ3v) is 2.92. The number of aliphatic hydroxyl groups excluding tert-OH is 1. The summed E-state index contributed by atoms with van der Waals surface area (Å²) in [5.74, 6) is 2.13. The van der Waals surface area contributed by atoms with Gasteiger partial charge in [-0.15, -0.1) is 0 Å². The van der Waals surface area contributed by atoms with Gasteiger partial charge in [-0.25, -0.2) is 0 Å². The number of fused-ring (bicyclic) bond motifs is 1. The Morgan fingerprint density at radius 1 is 1.33 bits per heavy atom. The highest BCUT2D eigenvalue weighted by Crippen LogP contribution is 2.38. The van der Waals surface area contributed by atoms with Crippen molar-refractivity contribution in [2.45, 2.75) is 32.6 Å². The van der Waals surface area contributed by atoms with Gasteiger partial charge in [-0.3, -0.25) is 0 Å². The van der Waals surface area contributed by atoms with Gasteiger partial charge >= 0.3 is 0 Å². The molecular weight excluding hydrogens is 234 g/mol. The largest absolute Gasteiger partial charge is 0.488 e. The zero-order valence-electron chi connectivity index (χ0n) is 10.9. The van der Waals surface area contributed by atoms with E-state index in [1.54, 1.807) is 6.92 Å². The van der Waals surface area contributed by atoms with Crippen LogP contribution in [0.2, 0.25) is 0 Å². The molecule has 2 rings (SSSR count). The van der Waals surface area contributed by atoms with E-state index in [1.165, 1.54) is 0 Å². The summed E-state index contributed by atoms with van der Waals surface area (Å²) in [6.07, 6.45) is -0.807. The molecule has 5 nitrogen and oxygen atoms in total. The Morgan fingerprint density at radius 2 is 2.00 bits per heavy atom. The highest BCUT2D eigenvalue weighted by molar-refractivity contribution is 5.51. The summed E-state index contributed by atoms with van der Waals surface area (Å²) in [5.41, 5.74) is 0.981. The molecule has 2 N–H and O–H groups in total. The van der Waals surface area contributed by atoms with Crippen molar-refractivity contribution in [3.63, 3.8) is 0 Å². The molecule has 0 radical (unpaired) electrons. The zero-order chi connectivity index (χ0) is 13.1. The summed E-state index contributed by atoms with van der Waals surface area (Å²) in [5, 5.41) is 12.6. The molecule has 1 aromatic rings. The first-order chi connectivity index (χ1) is 8.61. The molecule has 0 amide bonds. The second-order valence-electron chi connectivity index (χ2n) is 4.41. The molecule has 0 aliphatic carbocycles. The normalized spacial score (nSPS) is 16.4. The van der Waals surface area contributed by atoms with Gasteiger partial charge in [0.05, 0.1) is 6.10 Å². The maximum atomic E-state index is 9.50. The highest BCUT2D eigenvalue weighted by atomic mass is 16.7. The van der Waals surface area contributed by atoms with Crippen molar-refractivity contribution in [1.29, 1.82) is 0 Å². The molecule has 1 heterocycles. The first kappa shape index (κ1) is 13.0. The van der Waals surface area contributed by atoms with Crippen molar-refractivity contribution in [3.8, 4) is 17.2 Å². The van der Waals surface area contributed by atoms with E-state index in [4.69, 9.17) is 14.2 Å². The van der Waals surface area contributed by atoms with E-state index in [9.17, 15) is 5.11 Å². The van der Waals surface area contributed by atoms with E-state index in [0.717, 1.165) is 11.3 Å². The van der Waals surface area contributed by atoms with Crippen LogP contribution >= 0.6 is 0 Å². The van der Waals surface area contributed by atoms with Crippen LogP contribution in [0.4, 0.5) is 0 Å². The fourth-order valence-electron chi connectivity index (χ4n) is 1.70. The summed E-state index contributed by atoms with van der Waals surface area (Å²) in [7, 11) is 1.87. The first-order valence-electron chi connectivity index (χ1n) is 6.03. The molecule has 2 atom stereocenters. The predicted octanol–water partition coefficient (Wildman–Crippen LogP) is 1.28. The Kier molecular flexibility index (Phi) is 3.93. The maximum Gasteiger partial charge on any atom is 0.231 e. The number of benzene rings is 1. The van der Waals surface area contributed by atoms with E-state index in [2.05, 4.69) is 5.32 Å². The van der Waals surface area contributed by atoms with Gasteiger partial charge in [-0.05, 0) is 27.0 Å². The van der Waals surface area contributed by atoms with Gasteiger partial charge in [0, 0.05) is 18.2 Å². The van der Waals surface area contributed by atoms with Gasteiger partial charge < -0.3 is 24.6 Å². The Morgan fingerprint density at radius 3 is 2.61 bits per heavy atom. The molecule has 0 bridgehead atoms. The van der Waals surface area contributed by atoms with Crippen molar-refractivity contribution >= 4 is 0 Å². The molecule has 0 aromatic heterocycles. The Balaban J connectivity index is 2.26. The maximum absolute atomic E-state index is 9.50. The number of rotatable bonds is 5. The molecule has 0 fully saturated rings. The molecule has 0 saturated carbocycles. The van der Waals surface area contributed by atoms with Gasteiger partial charge in [-0.2, -0.15) is 0 Å². The summed E-state index contributed by atoms with van der Waals surface area (Å²) in [6, 6.07) is 3.72. The average Bonchev–Trinajstić information content (AvgIpc) is 2.76. The van der Waals surface area contributed by atoms with Crippen LogP contribution in [0.15, 0.2) is 12.1 Å².